The Labute approximate surface area is 63.0 Å². The molecule has 2 N–H and O–H groups in total. The van der Waals surface area contributed by atoms with Crippen molar-refractivity contribution in [3.8, 4) is 0 Å². The Hall–Kier alpha value is -1.45. The summed E-state index contributed by atoms with van der Waals surface area (Å²) in [7, 11) is 0. The highest BCUT2D eigenvalue weighted by molar-refractivity contribution is 5.55. The first-order valence-electron chi connectivity index (χ1n) is 3.08. The lowest BCUT2D eigenvalue weighted by atomic mass is 10.2. The van der Waals surface area contributed by atoms with Crippen LogP contribution in [-0.4, -0.2) is 11.3 Å². The second-order valence-electron chi connectivity index (χ2n) is 2.06. The Morgan fingerprint density at radius 1 is 1.64 bits per heavy atom. The van der Waals surface area contributed by atoms with Crippen molar-refractivity contribution in [2.45, 2.75) is 6.42 Å². The lowest BCUT2D eigenvalue weighted by Gasteiger charge is -1.97. The molecule has 0 bridgehead atoms. The molecule has 1 aromatic rings. The van der Waals surface area contributed by atoms with Gasteiger partial charge in [0.25, 0.3) is 0 Å². The normalized spacial score (nSPS) is 9.55. The van der Waals surface area contributed by atoms with Gasteiger partial charge in [0, 0.05) is 12.0 Å². The van der Waals surface area contributed by atoms with Crippen molar-refractivity contribution in [2.24, 2.45) is 0 Å². The number of nitrogen functional groups attached to an aromatic ring is 1. The largest absolute Gasteiger partial charge is 0.384 e. The van der Waals surface area contributed by atoms with Crippen molar-refractivity contribution >= 4 is 12.1 Å². The summed E-state index contributed by atoms with van der Waals surface area (Å²) in [6.45, 7) is 0. The summed E-state index contributed by atoms with van der Waals surface area (Å²) in [5.74, 6) is -0.547. The first-order chi connectivity index (χ1) is 5.24. The molecule has 11 heavy (non-hydrogen) atoms. The molecule has 0 unspecified atom stereocenters. The number of aromatic nitrogens is 1. The predicted molar refractivity (Wildman–Crippen MR) is 38.4 cm³/mol. The number of halogens is 1. The summed E-state index contributed by atoms with van der Waals surface area (Å²) in [4.78, 5) is 13.3. The van der Waals surface area contributed by atoms with Crippen LogP contribution in [0.2, 0.25) is 0 Å². The highest BCUT2D eigenvalue weighted by Crippen LogP contribution is 2.06. The number of carbonyl (C=O) groups is 1. The molecule has 1 aromatic heterocycles. The number of nitrogens with two attached hydrogens (primary N) is 1. The Bertz CT molecular complexity index is 275. The molecule has 0 spiro atoms. The number of pyridine rings is 1. The van der Waals surface area contributed by atoms with Gasteiger partial charge in [0.05, 0.1) is 0 Å². The molecule has 0 saturated heterocycles. The highest BCUT2D eigenvalue weighted by Gasteiger charge is 2.01. The molecular formula is C7H7FN2O. The van der Waals surface area contributed by atoms with E-state index < -0.39 is 5.95 Å². The summed E-state index contributed by atoms with van der Waals surface area (Å²) in [5, 5.41) is 0. The number of nitrogens with zero attached hydrogens (tertiary/aromatic N) is 1. The van der Waals surface area contributed by atoms with Crippen LogP contribution in [-0.2, 0) is 11.2 Å². The fourth-order valence-corrected chi connectivity index (χ4v) is 0.719. The van der Waals surface area contributed by atoms with E-state index in [4.69, 9.17) is 5.73 Å². The maximum atomic E-state index is 12.7. The van der Waals surface area contributed by atoms with Gasteiger partial charge in [-0.25, -0.2) is 4.98 Å². The number of anilines is 1. The average Bonchev–Trinajstić information content (AvgIpc) is 1.95. The van der Waals surface area contributed by atoms with Crippen LogP contribution in [0.25, 0.3) is 0 Å². The van der Waals surface area contributed by atoms with Gasteiger partial charge in [0.2, 0.25) is 5.95 Å². The maximum absolute atomic E-state index is 12.7. The molecule has 1 rings (SSSR count). The molecule has 0 amide bonds. The number of hydrogen-bond acceptors (Lipinski definition) is 3. The standard InChI is InChI=1S/C7H7FN2O/c8-7-5(3-4-11)1-2-6(9)10-7/h1-2,4H,3H2,(H2,9,10). The topological polar surface area (TPSA) is 56.0 Å². The molecule has 0 aromatic carbocycles. The molecule has 0 aliphatic rings. The lowest BCUT2D eigenvalue weighted by molar-refractivity contribution is -0.107. The van der Waals surface area contributed by atoms with Crippen LogP contribution in [0.3, 0.4) is 0 Å². The van der Waals surface area contributed by atoms with Crippen LogP contribution in [0.4, 0.5) is 10.2 Å². The Morgan fingerprint density at radius 2 is 2.36 bits per heavy atom. The van der Waals surface area contributed by atoms with Gasteiger partial charge in [-0.1, -0.05) is 6.07 Å². The highest BCUT2D eigenvalue weighted by atomic mass is 19.1. The van der Waals surface area contributed by atoms with E-state index in [0.717, 1.165) is 0 Å². The van der Waals surface area contributed by atoms with Crippen LogP contribution in [0, 0.1) is 5.95 Å². The van der Waals surface area contributed by atoms with Crippen molar-refractivity contribution in [3.63, 3.8) is 0 Å². The first-order valence-corrected chi connectivity index (χ1v) is 3.08. The van der Waals surface area contributed by atoms with E-state index >= 15 is 0 Å². The minimum Gasteiger partial charge on any atom is -0.384 e. The van der Waals surface area contributed by atoms with Crippen LogP contribution < -0.4 is 5.73 Å². The van der Waals surface area contributed by atoms with E-state index in [2.05, 4.69) is 4.98 Å². The van der Waals surface area contributed by atoms with Gasteiger partial charge < -0.3 is 10.5 Å². The SMILES string of the molecule is Nc1ccc(CC=O)c(F)n1. The first kappa shape index (κ1) is 7.65. The minimum absolute atomic E-state index is 0.0408. The zero-order valence-electron chi connectivity index (χ0n) is 5.75. The van der Waals surface area contributed by atoms with Crippen molar-refractivity contribution < 1.29 is 9.18 Å². The number of rotatable bonds is 2. The Kier molecular flexibility index (Phi) is 2.15. The lowest BCUT2D eigenvalue weighted by Crippen LogP contribution is -1.98. The van der Waals surface area contributed by atoms with Crippen molar-refractivity contribution in [3.05, 3.63) is 23.6 Å². The van der Waals surface area contributed by atoms with Crippen LogP contribution in [0.1, 0.15) is 5.56 Å². The third kappa shape index (κ3) is 1.73. The Balaban J connectivity index is 2.98. The zero-order valence-corrected chi connectivity index (χ0v) is 5.75. The van der Waals surface area contributed by atoms with Gasteiger partial charge >= 0.3 is 0 Å². The van der Waals surface area contributed by atoms with Gasteiger partial charge in [0.1, 0.15) is 12.1 Å². The number of hydrogen-bond donors (Lipinski definition) is 1. The van der Waals surface area contributed by atoms with Crippen LogP contribution in [0.5, 0.6) is 0 Å². The second kappa shape index (κ2) is 3.09. The molecule has 3 nitrogen and oxygen atoms in total. The molecule has 0 aliphatic heterocycles. The number of carbonyl (C=O) groups excluding carboxylic acids is 1. The fraction of sp³-hybridized carbons (Fsp3) is 0.143. The van der Waals surface area contributed by atoms with Gasteiger partial charge in [-0.2, -0.15) is 4.39 Å². The third-order valence-electron chi connectivity index (χ3n) is 1.25. The van der Waals surface area contributed by atoms with Crippen LogP contribution >= 0.6 is 0 Å². The summed E-state index contributed by atoms with van der Waals surface area (Å²) < 4.78 is 12.7. The predicted octanol–water partition coefficient (Wildman–Crippen LogP) is 0.544. The molecule has 0 fully saturated rings. The number of aldehydes is 1. The van der Waals surface area contributed by atoms with Crippen LogP contribution in [0.15, 0.2) is 12.1 Å². The third-order valence-corrected chi connectivity index (χ3v) is 1.25. The van der Waals surface area contributed by atoms with Gasteiger partial charge in [-0.05, 0) is 6.07 Å². The van der Waals surface area contributed by atoms with E-state index in [-0.39, 0.29) is 17.8 Å². The van der Waals surface area contributed by atoms with E-state index in [9.17, 15) is 9.18 Å². The molecule has 4 heteroatoms. The van der Waals surface area contributed by atoms with Crippen molar-refractivity contribution in [1.29, 1.82) is 0 Å². The van der Waals surface area contributed by atoms with E-state index in [1.54, 1.807) is 0 Å². The molecule has 58 valence electrons. The fourth-order valence-electron chi connectivity index (χ4n) is 0.719. The van der Waals surface area contributed by atoms with E-state index in [1.165, 1.54) is 12.1 Å². The van der Waals surface area contributed by atoms with E-state index in [1.807, 2.05) is 0 Å². The quantitative estimate of drug-likeness (QED) is 0.499. The van der Waals surface area contributed by atoms with Crippen molar-refractivity contribution in [2.75, 3.05) is 5.73 Å². The summed E-state index contributed by atoms with van der Waals surface area (Å²) >= 11 is 0. The van der Waals surface area contributed by atoms with E-state index in [0.29, 0.717) is 6.29 Å². The van der Waals surface area contributed by atoms with Gasteiger partial charge in [0.15, 0.2) is 0 Å². The zero-order chi connectivity index (χ0) is 8.27. The maximum Gasteiger partial charge on any atom is 0.218 e. The monoisotopic (exact) mass is 154 g/mol. The molecule has 1 heterocycles. The van der Waals surface area contributed by atoms with Crippen molar-refractivity contribution in [1.82, 2.24) is 4.98 Å². The summed E-state index contributed by atoms with van der Waals surface area (Å²) in [5.41, 5.74) is 5.46. The molecule has 0 saturated carbocycles. The van der Waals surface area contributed by atoms with Gasteiger partial charge in [-0.3, -0.25) is 0 Å². The smallest absolute Gasteiger partial charge is 0.218 e. The summed E-state index contributed by atoms with van der Waals surface area (Å²) in [6.07, 6.45) is 0.662. The minimum atomic E-state index is -0.669. The molecule has 0 aliphatic carbocycles. The average molecular weight is 154 g/mol. The molecular weight excluding hydrogens is 147 g/mol. The van der Waals surface area contributed by atoms with Gasteiger partial charge in [-0.15, -0.1) is 0 Å². The molecule has 0 atom stereocenters. The Morgan fingerprint density at radius 3 is 2.91 bits per heavy atom. The summed E-state index contributed by atoms with van der Waals surface area (Å²) in [6, 6.07) is 2.91. The molecule has 0 radical (unpaired) electrons. The second-order valence-corrected chi connectivity index (χ2v) is 2.06.